The average Bonchev–Trinajstić information content (AvgIpc) is 3.31. The van der Waals surface area contributed by atoms with E-state index in [2.05, 4.69) is 25.2 Å². The van der Waals surface area contributed by atoms with Gasteiger partial charge in [0.2, 0.25) is 0 Å². The Balaban J connectivity index is 0.000000490. The summed E-state index contributed by atoms with van der Waals surface area (Å²) in [5.41, 5.74) is 10.4. The molecule has 4 N–H and O–H groups in total. The zero-order valence-electron chi connectivity index (χ0n) is 18.2. The van der Waals surface area contributed by atoms with Crippen molar-refractivity contribution >= 4 is 22.7 Å². The molecule has 0 fully saturated rings. The Labute approximate surface area is 169 Å². The number of benzene rings is 2. The fourth-order valence-corrected chi connectivity index (χ4v) is 3.02. The van der Waals surface area contributed by atoms with E-state index in [-0.39, 0.29) is 11.6 Å². The van der Waals surface area contributed by atoms with Crippen LogP contribution in [0.25, 0.3) is 10.8 Å². The Morgan fingerprint density at radius 3 is 2.14 bits per heavy atom. The van der Waals surface area contributed by atoms with Gasteiger partial charge in [0, 0.05) is 16.9 Å². The number of fused-ring (bicyclic) bond motifs is 1. The minimum Gasteiger partial charge on any atom is -0.393 e. The molecule has 0 saturated heterocycles. The molecule has 0 aromatic heterocycles. The predicted molar refractivity (Wildman–Crippen MR) is 121 cm³/mol. The van der Waals surface area contributed by atoms with Crippen LogP contribution in [0, 0.1) is 0 Å². The molecule has 2 aromatic carbocycles. The van der Waals surface area contributed by atoms with Crippen LogP contribution < -0.4 is 11.1 Å². The number of aliphatic hydroxyl groups is 1. The Hall–Kier alpha value is -2.17. The van der Waals surface area contributed by atoms with Gasteiger partial charge in [0.05, 0.1) is 11.6 Å². The molecular weight excluding hydrogens is 348 g/mol. The normalized spacial score (nSPS) is 18.4. The second-order valence-corrected chi connectivity index (χ2v) is 6.85. The van der Waals surface area contributed by atoms with Gasteiger partial charge >= 0.3 is 0 Å². The van der Waals surface area contributed by atoms with Gasteiger partial charge in [0.15, 0.2) is 0 Å². The standard InChI is InChI=1S/C18H20N2O.C4H10O.C2H6/c1-3-16-17(18(16,19)4-2)20-15-8-7-13-9-12(11-21)5-6-14(13)10-15;1-3-4(2)5;1-2/h5-11,20H,3-4,19H2,1-2H3;4-5H,3H2,1-2H3;1-2H3. The van der Waals surface area contributed by atoms with E-state index in [1.165, 1.54) is 5.57 Å². The van der Waals surface area contributed by atoms with E-state index in [1.54, 1.807) is 6.92 Å². The maximum Gasteiger partial charge on any atom is 0.150 e. The van der Waals surface area contributed by atoms with Crippen molar-refractivity contribution in [1.29, 1.82) is 0 Å². The van der Waals surface area contributed by atoms with Crippen LogP contribution >= 0.6 is 0 Å². The van der Waals surface area contributed by atoms with Crippen molar-refractivity contribution in [3.63, 3.8) is 0 Å². The molecule has 0 radical (unpaired) electrons. The maximum absolute atomic E-state index is 10.8. The summed E-state index contributed by atoms with van der Waals surface area (Å²) in [6.07, 6.45) is 3.53. The fraction of sp³-hybridized carbons (Fsp3) is 0.458. The molecule has 0 spiro atoms. The van der Waals surface area contributed by atoms with Gasteiger partial charge in [-0.05, 0) is 60.7 Å². The lowest BCUT2D eigenvalue weighted by molar-refractivity contribution is 0.112. The topological polar surface area (TPSA) is 75.3 Å². The molecule has 2 unspecified atom stereocenters. The number of hydrogen-bond donors (Lipinski definition) is 3. The summed E-state index contributed by atoms with van der Waals surface area (Å²) in [6.45, 7) is 12.0. The lowest BCUT2D eigenvalue weighted by Gasteiger charge is -2.12. The third-order valence-electron chi connectivity index (χ3n) is 5.00. The third-order valence-corrected chi connectivity index (χ3v) is 5.00. The summed E-state index contributed by atoms with van der Waals surface area (Å²) in [4.78, 5) is 10.8. The van der Waals surface area contributed by atoms with Crippen LogP contribution in [0.1, 0.15) is 71.2 Å². The van der Waals surface area contributed by atoms with Gasteiger partial charge in [-0.25, -0.2) is 0 Å². The van der Waals surface area contributed by atoms with Crippen LogP contribution in [-0.4, -0.2) is 23.0 Å². The highest BCUT2D eigenvalue weighted by Gasteiger charge is 2.47. The highest BCUT2D eigenvalue weighted by molar-refractivity contribution is 5.91. The SMILES string of the molecule is CC.CCC(C)O.CCC1=C(Nc2ccc3cc(C=O)ccc3c2)C1(N)CC. The number of carbonyl (C=O) groups is 1. The Morgan fingerprint density at radius 2 is 1.68 bits per heavy atom. The highest BCUT2D eigenvalue weighted by atomic mass is 16.3. The zero-order valence-corrected chi connectivity index (χ0v) is 18.2. The van der Waals surface area contributed by atoms with E-state index in [0.29, 0.717) is 5.56 Å². The van der Waals surface area contributed by atoms with Gasteiger partial charge in [-0.15, -0.1) is 0 Å². The number of rotatable bonds is 6. The van der Waals surface area contributed by atoms with Crippen molar-refractivity contribution in [2.75, 3.05) is 5.32 Å². The summed E-state index contributed by atoms with van der Waals surface area (Å²) in [5.74, 6) is 0. The molecule has 2 atom stereocenters. The molecule has 0 heterocycles. The first-order valence-electron chi connectivity index (χ1n) is 10.4. The van der Waals surface area contributed by atoms with Crippen molar-refractivity contribution < 1.29 is 9.90 Å². The number of nitrogens with two attached hydrogens (primary N) is 1. The van der Waals surface area contributed by atoms with Crippen LogP contribution in [0.4, 0.5) is 5.69 Å². The summed E-state index contributed by atoms with van der Waals surface area (Å²) in [5, 5.41) is 14.0. The summed E-state index contributed by atoms with van der Waals surface area (Å²) >= 11 is 0. The molecule has 0 saturated carbocycles. The smallest absolute Gasteiger partial charge is 0.150 e. The van der Waals surface area contributed by atoms with E-state index in [4.69, 9.17) is 10.8 Å². The van der Waals surface area contributed by atoms with Gasteiger partial charge < -0.3 is 16.2 Å². The monoisotopic (exact) mass is 384 g/mol. The minimum atomic E-state index is -0.231. The molecule has 0 amide bonds. The molecule has 4 heteroatoms. The van der Waals surface area contributed by atoms with Crippen LogP contribution in [0.15, 0.2) is 47.7 Å². The van der Waals surface area contributed by atoms with Crippen LogP contribution in [0.3, 0.4) is 0 Å². The number of nitrogens with one attached hydrogen (secondary N) is 1. The number of carbonyl (C=O) groups excluding carboxylic acids is 1. The van der Waals surface area contributed by atoms with Crippen molar-refractivity contribution in [1.82, 2.24) is 0 Å². The van der Waals surface area contributed by atoms with Crippen LogP contribution in [0.5, 0.6) is 0 Å². The van der Waals surface area contributed by atoms with E-state index < -0.39 is 0 Å². The Morgan fingerprint density at radius 1 is 1.11 bits per heavy atom. The molecule has 1 aliphatic rings. The molecule has 1 aliphatic carbocycles. The van der Waals surface area contributed by atoms with Gasteiger partial charge in [-0.2, -0.15) is 0 Å². The fourth-order valence-electron chi connectivity index (χ4n) is 3.02. The molecular formula is C24H36N2O2. The van der Waals surface area contributed by atoms with Crippen molar-refractivity contribution in [2.24, 2.45) is 5.73 Å². The molecule has 154 valence electrons. The quantitative estimate of drug-likeness (QED) is 0.562. The van der Waals surface area contributed by atoms with E-state index in [9.17, 15) is 4.79 Å². The second-order valence-electron chi connectivity index (χ2n) is 6.85. The van der Waals surface area contributed by atoms with Crippen molar-refractivity contribution in [3.8, 4) is 0 Å². The molecule has 2 aromatic rings. The van der Waals surface area contributed by atoms with E-state index in [1.807, 2.05) is 51.1 Å². The second kappa shape index (κ2) is 11.0. The Kier molecular flexibility index (Phi) is 9.36. The van der Waals surface area contributed by atoms with Crippen LogP contribution in [-0.2, 0) is 0 Å². The molecule has 0 aliphatic heterocycles. The van der Waals surface area contributed by atoms with Gasteiger partial charge in [0.1, 0.15) is 6.29 Å². The summed E-state index contributed by atoms with van der Waals surface area (Å²) in [6, 6.07) is 11.9. The minimum absolute atomic E-state index is 0.116. The number of aliphatic hydroxyl groups excluding tert-OH is 1. The first-order valence-corrected chi connectivity index (χ1v) is 10.4. The highest BCUT2D eigenvalue weighted by Crippen LogP contribution is 2.46. The van der Waals surface area contributed by atoms with Crippen molar-refractivity contribution in [2.45, 2.75) is 72.4 Å². The van der Waals surface area contributed by atoms with Gasteiger partial charge in [-0.3, -0.25) is 4.79 Å². The largest absolute Gasteiger partial charge is 0.393 e. The Bertz CT molecular complexity index is 811. The molecule has 3 rings (SSSR count). The lowest BCUT2D eigenvalue weighted by Crippen LogP contribution is -2.29. The van der Waals surface area contributed by atoms with Crippen molar-refractivity contribution in [3.05, 3.63) is 53.2 Å². The zero-order chi connectivity index (χ0) is 21.3. The number of hydrogen-bond acceptors (Lipinski definition) is 4. The van der Waals surface area contributed by atoms with E-state index >= 15 is 0 Å². The summed E-state index contributed by atoms with van der Waals surface area (Å²) in [7, 11) is 0. The first kappa shape index (κ1) is 23.9. The number of aldehydes is 1. The summed E-state index contributed by atoms with van der Waals surface area (Å²) < 4.78 is 0. The lowest BCUT2D eigenvalue weighted by atomic mass is 10.1. The van der Waals surface area contributed by atoms with Gasteiger partial charge in [0.25, 0.3) is 0 Å². The molecule has 0 bridgehead atoms. The third kappa shape index (κ3) is 5.66. The molecule has 28 heavy (non-hydrogen) atoms. The number of anilines is 1. The maximum atomic E-state index is 10.8. The molecule has 4 nitrogen and oxygen atoms in total. The van der Waals surface area contributed by atoms with Crippen LogP contribution in [0.2, 0.25) is 0 Å². The first-order chi connectivity index (χ1) is 13.4. The predicted octanol–water partition coefficient (Wildman–Crippen LogP) is 5.65. The van der Waals surface area contributed by atoms with E-state index in [0.717, 1.165) is 47.7 Å². The average molecular weight is 385 g/mol. The van der Waals surface area contributed by atoms with Gasteiger partial charge in [-0.1, -0.05) is 52.8 Å².